The fraction of sp³-hybridized carbons (Fsp3) is 0.524. The number of thiophene rings is 1. The first-order chi connectivity index (χ1) is 12.3. The normalized spacial score (nSPS) is 30.3. The van der Waals surface area contributed by atoms with Crippen LogP contribution in [0.2, 0.25) is 0 Å². The van der Waals surface area contributed by atoms with Gasteiger partial charge in [-0.25, -0.2) is 0 Å². The molecule has 0 saturated heterocycles. The highest BCUT2D eigenvalue weighted by atomic mass is 32.1. The van der Waals surface area contributed by atoms with Crippen LogP contribution >= 0.6 is 11.3 Å². The van der Waals surface area contributed by atoms with Crippen LogP contribution in [-0.4, -0.2) is 5.71 Å². The highest BCUT2D eigenvalue weighted by Gasteiger charge is 2.58. The van der Waals surface area contributed by atoms with E-state index in [0.29, 0.717) is 5.92 Å². The van der Waals surface area contributed by atoms with Crippen molar-refractivity contribution in [1.29, 1.82) is 21.2 Å². The van der Waals surface area contributed by atoms with Gasteiger partial charge in [0.2, 0.25) is 0 Å². The SMILES string of the molecule is CC(C)(C)[C@H]1CC=C2C(C#N)C(=N)C(C#N)(C#N)[C@@H](c3cccs3)[C@@H]2C1. The molecule has 1 N–H and O–H groups in total. The van der Waals surface area contributed by atoms with Gasteiger partial charge in [-0.05, 0) is 47.1 Å². The molecule has 26 heavy (non-hydrogen) atoms. The number of nitrogens with zero attached hydrogens (tertiary/aromatic N) is 3. The predicted octanol–water partition coefficient (Wildman–Crippen LogP) is 5.04. The molecule has 2 aliphatic carbocycles. The molecule has 4 nitrogen and oxygen atoms in total. The third kappa shape index (κ3) is 2.57. The van der Waals surface area contributed by atoms with Crippen molar-refractivity contribution in [3.63, 3.8) is 0 Å². The number of nitriles is 3. The van der Waals surface area contributed by atoms with Crippen molar-refractivity contribution in [2.45, 2.75) is 39.5 Å². The van der Waals surface area contributed by atoms with Gasteiger partial charge in [0.05, 0.1) is 23.9 Å². The van der Waals surface area contributed by atoms with Gasteiger partial charge in [-0.1, -0.05) is 32.9 Å². The fourth-order valence-corrected chi connectivity index (χ4v) is 5.46. The number of nitrogens with one attached hydrogen (secondary N) is 1. The Morgan fingerprint density at radius 1 is 1.23 bits per heavy atom. The summed E-state index contributed by atoms with van der Waals surface area (Å²) in [5, 5.41) is 40.2. The van der Waals surface area contributed by atoms with E-state index in [-0.39, 0.29) is 23.0 Å². The van der Waals surface area contributed by atoms with E-state index in [1.807, 2.05) is 17.5 Å². The Morgan fingerprint density at radius 2 is 1.92 bits per heavy atom. The molecule has 2 aliphatic rings. The highest BCUT2D eigenvalue weighted by molar-refractivity contribution is 7.10. The number of hydrogen-bond acceptors (Lipinski definition) is 5. The van der Waals surface area contributed by atoms with E-state index in [9.17, 15) is 15.8 Å². The number of hydrogen-bond donors (Lipinski definition) is 1. The maximum Gasteiger partial charge on any atom is 0.190 e. The smallest absolute Gasteiger partial charge is 0.190 e. The molecule has 0 radical (unpaired) electrons. The zero-order valence-electron chi connectivity index (χ0n) is 15.3. The summed E-state index contributed by atoms with van der Waals surface area (Å²) in [4.78, 5) is 0.958. The van der Waals surface area contributed by atoms with Gasteiger partial charge in [-0.15, -0.1) is 11.3 Å². The van der Waals surface area contributed by atoms with E-state index < -0.39 is 11.3 Å². The summed E-state index contributed by atoms with van der Waals surface area (Å²) in [5.74, 6) is -0.785. The molecular formula is C21H22N4S. The fourth-order valence-electron chi connectivity index (χ4n) is 4.50. The Balaban J connectivity index is 2.22. The Hall–Kier alpha value is -2.42. The van der Waals surface area contributed by atoms with Crippen molar-refractivity contribution >= 4 is 17.0 Å². The van der Waals surface area contributed by atoms with Crippen LogP contribution < -0.4 is 0 Å². The summed E-state index contributed by atoms with van der Waals surface area (Å²) in [6.07, 6.45) is 3.84. The molecule has 4 atom stereocenters. The van der Waals surface area contributed by atoms with Crippen LogP contribution in [0.1, 0.15) is 44.4 Å². The molecule has 0 aromatic carbocycles. The largest absolute Gasteiger partial charge is 0.305 e. The van der Waals surface area contributed by atoms with Crippen LogP contribution in [0.4, 0.5) is 0 Å². The molecule has 3 rings (SSSR count). The molecule has 0 bridgehead atoms. The minimum absolute atomic E-state index is 0.0512. The van der Waals surface area contributed by atoms with Gasteiger partial charge < -0.3 is 5.41 Å². The molecular weight excluding hydrogens is 340 g/mol. The van der Waals surface area contributed by atoms with Crippen molar-refractivity contribution in [1.82, 2.24) is 0 Å². The topological polar surface area (TPSA) is 95.2 Å². The first kappa shape index (κ1) is 18.4. The van der Waals surface area contributed by atoms with Crippen molar-refractivity contribution in [2.75, 3.05) is 0 Å². The molecule has 5 heteroatoms. The van der Waals surface area contributed by atoms with Gasteiger partial charge in [-0.2, -0.15) is 15.8 Å². The third-order valence-electron chi connectivity index (χ3n) is 6.08. The quantitative estimate of drug-likeness (QED) is 0.709. The van der Waals surface area contributed by atoms with Crippen molar-refractivity contribution < 1.29 is 0 Å². The molecule has 1 aromatic rings. The lowest BCUT2D eigenvalue weighted by atomic mass is 9.52. The maximum atomic E-state index is 9.97. The molecule has 132 valence electrons. The lowest BCUT2D eigenvalue weighted by Crippen LogP contribution is -2.49. The molecule has 0 amide bonds. The second-order valence-corrected chi connectivity index (χ2v) is 9.32. The van der Waals surface area contributed by atoms with Crippen molar-refractivity contribution in [2.24, 2.45) is 28.6 Å². The van der Waals surface area contributed by atoms with Gasteiger partial charge in [-0.3, -0.25) is 0 Å². The lowest BCUT2D eigenvalue weighted by molar-refractivity contribution is 0.169. The van der Waals surface area contributed by atoms with Gasteiger partial charge in [0, 0.05) is 10.8 Å². The summed E-state index contributed by atoms with van der Waals surface area (Å²) in [6.45, 7) is 6.64. The van der Waals surface area contributed by atoms with Crippen molar-refractivity contribution in [3.8, 4) is 18.2 Å². The minimum atomic E-state index is -1.58. The van der Waals surface area contributed by atoms with E-state index in [4.69, 9.17) is 5.41 Å². The van der Waals surface area contributed by atoms with E-state index in [1.54, 1.807) is 0 Å². The number of fused-ring (bicyclic) bond motifs is 1. The summed E-state index contributed by atoms with van der Waals surface area (Å²) in [6, 6.07) is 10.4. The monoisotopic (exact) mass is 362 g/mol. The number of rotatable bonds is 1. The molecule has 1 aromatic heterocycles. The minimum Gasteiger partial charge on any atom is -0.305 e. The molecule has 1 unspecified atom stereocenters. The Labute approximate surface area is 158 Å². The standard InChI is InChI=1S/C21H22N4S/c1-20(2,3)13-6-7-14-15(9-13)18(17-5-4-8-26-17)21(11-23,12-24)19(25)16(14)10-22/h4-5,7-8,13,15-16,18,25H,6,9H2,1-3H3/t13-,15+,16?,18+/m0/s1. The first-order valence-corrected chi connectivity index (χ1v) is 9.72. The van der Waals surface area contributed by atoms with Gasteiger partial charge in [0.15, 0.2) is 5.41 Å². The average Bonchev–Trinajstić information content (AvgIpc) is 3.13. The van der Waals surface area contributed by atoms with Gasteiger partial charge in [0.25, 0.3) is 0 Å². The van der Waals surface area contributed by atoms with E-state index in [0.717, 1.165) is 23.3 Å². The summed E-state index contributed by atoms with van der Waals surface area (Å²) >= 11 is 1.53. The maximum absolute atomic E-state index is 9.97. The van der Waals surface area contributed by atoms with Crippen molar-refractivity contribution in [3.05, 3.63) is 34.0 Å². The second kappa shape index (κ2) is 6.39. The van der Waals surface area contributed by atoms with Gasteiger partial charge in [0.1, 0.15) is 5.92 Å². The van der Waals surface area contributed by atoms with Crippen LogP contribution in [0.5, 0.6) is 0 Å². The summed E-state index contributed by atoms with van der Waals surface area (Å²) in [5.41, 5.74) is -0.581. The molecule has 0 aliphatic heterocycles. The predicted molar refractivity (Wildman–Crippen MR) is 101 cm³/mol. The molecule has 1 heterocycles. The zero-order chi connectivity index (χ0) is 19.1. The Kier molecular flexibility index (Phi) is 4.51. The highest BCUT2D eigenvalue weighted by Crippen LogP contribution is 2.58. The molecule has 0 spiro atoms. The Bertz CT molecular complexity index is 853. The van der Waals surface area contributed by atoms with Crippen LogP contribution in [0, 0.1) is 68.0 Å². The Morgan fingerprint density at radius 3 is 2.42 bits per heavy atom. The van der Waals surface area contributed by atoms with E-state index >= 15 is 0 Å². The average molecular weight is 363 g/mol. The molecule has 1 fully saturated rings. The third-order valence-corrected chi connectivity index (χ3v) is 7.03. The van der Waals surface area contributed by atoms with Crippen LogP contribution in [-0.2, 0) is 0 Å². The van der Waals surface area contributed by atoms with Crippen LogP contribution in [0.15, 0.2) is 29.2 Å². The zero-order valence-corrected chi connectivity index (χ0v) is 16.1. The summed E-state index contributed by atoms with van der Waals surface area (Å²) in [7, 11) is 0. The summed E-state index contributed by atoms with van der Waals surface area (Å²) < 4.78 is 0. The lowest BCUT2D eigenvalue weighted by Gasteiger charge is -2.48. The van der Waals surface area contributed by atoms with E-state index in [2.05, 4.69) is 45.1 Å². The first-order valence-electron chi connectivity index (χ1n) is 8.84. The number of allylic oxidation sites excluding steroid dienone is 2. The van der Waals surface area contributed by atoms with Crippen LogP contribution in [0.25, 0.3) is 0 Å². The second-order valence-electron chi connectivity index (χ2n) is 8.35. The van der Waals surface area contributed by atoms with E-state index in [1.165, 1.54) is 11.3 Å². The van der Waals surface area contributed by atoms with Gasteiger partial charge >= 0.3 is 0 Å². The van der Waals surface area contributed by atoms with Crippen LogP contribution in [0.3, 0.4) is 0 Å². The molecule has 1 saturated carbocycles.